The van der Waals surface area contributed by atoms with Crippen LogP contribution in [0.3, 0.4) is 0 Å². The van der Waals surface area contributed by atoms with Gasteiger partial charge in [0.25, 0.3) is 5.91 Å². The Morgan fingerprint density at radius 2 is 1.58 bits per heavy atom. The van der Waals surface area contributed by atoms with Crippen LogP contribution in [0.5, 0.6) is 5.75 Å². The molecule has 0 aliphatic rings. The third-order valence-electron chi connectivity index (χ3n) is 4.83. The molecule has 2 aromatic carbocycles. The number of carbonyl (C=O) groups excluding carboxylic acids is 3. The zero-order valence-corrected chi connectivity index (χ0v) is 18.7. The third-order valence-corrected chi connectivity index (χ3v) is 4.83. The first-order chi connectivity index (χ1) is 14.7. The predicted octanol–water partition coefficient (Wildman–Crippen LogP) is 3.21. The molecule has 0 heterocycles. The Morgan fingerprint density at radius 1 is 0.968 bits per heavy atom. The number of amides is 3. The Kier molecular flexibility index (Phi) is 8.61. The summed E-state index contributed by atoms with van der Waals surface area (Å²) >= 11 is 0. The maximum absolute atomic E-state index is 12.7. The third kappa shape index (κ3) is 6.84. The highest BCUT2D eigenvalue weighted by Gasteiger charge is 2.25. The summed E-state index contributed by atoms with van der Waals surface area (Å²) in [5.74, 6) is -0.589. The summed E-state index contributed by atoms with van der Waals surface area (Å²) in [5.41, 5.74) is 3.06. The monoisotopic (exact) mass is 425 g/mol. The van der Waals surface area contributed by atoms with Crippen LogP contribution in [-0.4, -0.2) is 36.9 Å². The zero-order valence-electron chi connectivity index (χ0n) is 18.7. The van der Waals surface area contributed by atoms with Crippen molar-refractivity contribution >= 4 is 23.4 Å². The maximum atomic E-state index is 12.7. The molecule has 2 aromatic rings. The van der Waals surface area contributed by atoms with E-state index in [0.29, 0.717) is 17.9 Å². The number of nitrogens with one attached hydrogen (secondary N) is 3. The van der Waals surface area contributed by atoms with Gasteiger partial charge in [-0.2, -0.15) is 0 Å². The molecule has 0 bridgehead atoms. The SMILES string of the molecule is CCOc1ccc(C(=O)NC(C(=O)NCC(=O)Nc2c(C)cccc2C)C(C)C)cc1. The molecule has 7 heteroatoms. The minimum absolute atomic E-state index is 0.159. The van der Waals surface area contributed by atoms with E-state index < -0.39 is 11.9 Å². The lowest BCUT2D eigenvalue weighted by molar-refractivity contribution is -0.126. The van der Waals surface area contributed by atoms with Crippen LogP contribution in [0.4, 0.5) is 5.69 Å². The summed E-state index contributed by atoms with van der Waals surface area (Å²) < 4.78 is 5.38. The van der Waals surface area contributed by atoms with Crippen LogP contribution >= 0.6 is 0 Å². The smallest absolute Gasteiger partial charge is 0.251 e. The van der Waals surface area contributed by atoms with Gasteiger partial charge in [0.05, 0.1) is 13.2 Å². The van der Waals surface area contributed by atoms with E-state index in [1.165, 1.54) is 0 Å². The zero-order chi connectivity index (χ0) is 23.0. The van der Waals surface area contributed by atoms with Crippen molar-refractivity contribution in [1.82, 2.24) is 10.6 Å². The molecule has 1 unspecified atom stereocenters. The molecule has 0 aliphatic heterocycles. The fourth-order valence-electron chi connectivity index (χ4n) is 3.10. The number of anilines is 1. The summed E-state index contributed by atoms with van der Waals surface area (Å²) in [6, 6.07) is 11.7. The lowest BCUT2D eigenvalue weighted by atomic mass is 10.0. The van der Waals surface area contributed by atoms with E-state index in [2.05, 4.69) is 16.0 Å². The molecule has 2 rings (SSSR count). The van der Waals surface area contributed by atoms with Gasteiger partial charge in [-0.25, -0.2) is 0 Å². The van der Waals surface area contributed by atoms with Crippen molar-refractivity contribution in [3.8, 4) is 5.75 Å². The summed E-state index contributed by atoms with van der Waals surface area (Å²) in [6.45, 7) is 9.72. The molecule has 31 heavy (non-hydrogen) atoms. The first-order valence-electron chi connectivity index (χ1n) is 10.4. The van der Waals surface area contributed by atoms with E-state index in [-0.39, 0.29) is 24.3 Å². The Labute approximate surface area is 183 Å². The fourth-order valence-corrected chi connectivity index (χ4v) is 3.10. The molecular formula is C24H31N3O4. The molecule has 0 aromatic heterocycles. The van der Waals surface area contributed by atoms with E-state index in [4.69, 9.17) is 4.74 Å². The van der Waals surface area contributed by atoms with E-state index in [1.54, 1.807) is 24.3 Å². The second-order valence-electron chi connectivity index (χ2n) is 7.69. The Balaban J connectivity index is 1.95. The first kappa shape index (κ1) is 23.9. The van der Waals surface area contributed by atoms with Crippen LogP contribution in [0, 0.1) is 19.8 Å². The maximum Gasteiger partial charge on any atom is 0.251 e. The number of rotatable bonds is 9. The minimum Gasteiger partial charge on any atom is -0.494 e. The molecule has 3 amide bonds. The van der Waals surface area contributed by atoms with Gasteiger partial charge in [0, 0.05) is 11.3 Å². The number of para-hydroxylation sites is 1. The standard InChI is InChI=1S/C24H31N3O4/c1-6-31-19-12-10-18(11-13-19)23(29)27-21(15(2)3)24(30)25-14-20(28)26-22-16(4)8-7-9-17(22)5/h7-13,15,21H,6,14H2,1-5H3,(H,25,30)(H,26,28)(H,27,29). The second kappa shape index (κ2) is 11.2. The Bertz CT molecular complexity index is 903. The van der Waals surface area contributed by atoms with Crippen molar-refractivity contribution in [1.29, 1.82) is 0 Å². The molecule has 0 aliphatic carbocycles. The van der Waals surface area contributed by atoms with Crippen LogP contribution < -0.4 is 20.7 Å². The number of hydrogen-bond donors (Lipinski definition) is 3. The Morgan fingerprint density at radius 3 is 2.13 bits per heavy atom. The number of benzene rings is 2. The van der Waals surface area contributed by atoms with E-state index >= 15 is 0 Å². The summed E-state index contributed by atoms with van der Waals surface area (Å²) in [4.78, 5) is 37.5. The molecule has 166 valence electrons. The van der Waals surface area contributed by atoms with E-state index in [1.807, 2.05) is 52.8 Å². The van der Waals surface area contributed by atoms with Crippen LogP contribution in [-0.2, 0) is 9.59 Å². The van der Waals surface area contributed by atoms with Gasteiger partial charge in [-0.1, -0.05) is 32.0 Å². The number of ether oxygens (including phenoxy) is 1. The topological polar surface area (TPSA) is 96.5 Å². The fraction of sp³-hybridized carbons (Fsp3) is 0.375. The van der Waals surface area contributed by atoms with Crippen LogP contribution in [0.25, 0.3) is 0 Å². The van der Waals surface area contributed by atoms with Gasteiger partial charge >= 0.3 is 0 Å². The highest BCUT2D eigenvalue weighted by molar-refractivity contribution is 5.99. The number of hydrogen-bond acceptors (Lipinski definition) is 4. The normalized spacial score (nSPS) is 11.5. The average Bonchev–Trinajstić information content (AvgIpc) is 2.73. The molecule has 7 nitrogen and oxygen atoms in total. The number of carbonyl (C=O) groups is 3. The van der Waals surface area contributed by atoms with E-state index in [0.717, 1.165) is 16.8 Å². The Hall–Kier alpha value is -3.35. The van der Waals surface area contributed by atoms with Gasteiger partial charge in [-0.3, -0.25) is 14.4 Å². The average molecular weight is 426 g/mol. The summed E-state index contributed by atoms with van der Waals surface area (Å²) in [7, 11) is 0. The van der Waals surface area contributed by atoms with Crippen molar-refractivity contribution in [2.75, 3.05) is 18.5 Å². The lowest BCUT2D eigenvalue weighted by Gasteiger charge is -2.22. The molecular weight excluding hydrogens is 394 g/mol. The van der Waals surface area contributed by atoms with Gasteiger partial charge in [0.2, 0.25) is 11.8 Å². The molecule has 0 saturated heterocycles. The van der Waals surface area contributed by atoms with Gasteiger partial charge in [-0.15, -0.1) is 0 Å². The van der Waals surface area contributed by atoms with Crippen molar-refractivity contribution < 1.29 is 19.1 Å². The van der Waals surface area contributed by atoms with Crippen LogP contribution in [0.15, 0.2) is 42.5 Å². The van der Waals surface area contributed by atoms with Crippen LogP contribution in [0.2, 0.25) is 0 Å². The van der Waals surface area contributed by atoms with Gasteiger partial charge < -0.3 is 20.7 Å². The van der Waals surface area contributed by atoms with Gasteiger partial charge in [-0.05, 0) is 62.1 Å². The molecule has 0 radical (unpaired) electrons. The molecule has 0 spiro atoms. The first-order valence-corrected chi connectivity index (χ1v) is 10.4. The molecule has 3 N–H and O–H groups in total. The molecule has 0 saturated carbocycles. The largest absolute Gasteiger partial charge is 0.494 e. The quantitative estimate of drug-likeness (QED) is 0.575. The van der Waals surface area contributed by atoms with Crippen molar-refractivity contribution in [2.45, 2.75) is 40.7 Å². The van der Waals surface area contributed by atoms with Gasteiger partial charge in [0.15, 0.2) is 0 Å². The number of aryl methyl sites for hydroxylation is 2. The second-order valence-corrected chi connectivity index (χ2v) is 7.69. The van der Waals surface area contributed by atoms with Crippen molar-refractivity contribution in [3.05, 3.63) is 59.2 Å². The lowest BCUT2D eigenvalue weighted by Crippen LogP contribution is -2.51. The van der Waals surface area contributed by atoms with Crippen molar-refractivity contribution in [2.24, 2.45) is 5.92 Å². The van der Waals surface area contributed by atoms with E-state index in [9.17, 15) is 14.4 Å². The summed E-state index contributed by atoms with van der Waals surface area (Å²) in [6.07, 6.45) is 0. The van der Waals surface area contributed by atoms with Crippen molar-refractivity contribution in [3.63, 3.8) is 0 Å². The molecule has 1 atom stereocenters. The minimum atomic E-state index is -0.771. The summed E-state index contributed by atoms with van der Waals surface area (Å²) in [5, 5.41) is 8.20. The highest BCUT2D eigenvalue weighted by atomic mass is 16.5. The predicted molar refractivity (Wildman–Crippen MR) is 121 cm³/mol. The van der Waals surface area contributed by atoms with Gasteiger partial charge in [0.1, 0.15) is 11.8 Å². The molecule has 0 fully saturated rings. The highest BCUT2D eigenvalue weighted by Crippen LogP contribution is 2.19. The van der Waals surface area contributed by atoms with Crippen LogP contribution in [0.1, 0.15) is 42.3 Å².